The summed E-state index contributed by atoms with van der Waals surface area (Å²) < 4.78 is 12.6. The second-order valence-electron chi connectivity index (χ2n) is 10.3. The summed E-state index contributed by atoms with van der Waals surface area (Å²) in [6, 6.07) is 17.9. The Morgan fingerprint density at radius 2 is 1.86 bits per heavy atom. The Morgan fingerprint density at radius 3 is 2.53 bits per heavy atom. The second-order valence-corrected chi connectivity index (χ2v) is 10.7. The fourth-order valence-electron chi connectivity index (χ4n) is 5.65. The summed E-state index contributed by atoms with van der Waals surface area (Å²) in [6.07, 6.45) is 1.75. The molecule has 2 aromatic heterocycles. The molecule has 1 fully saturated rings. The fraction of sp³-hybridized carbons (Fsp3) is 0.250. The Hall–Kier alpha value is -4.74. The number of nitrogens with one attached hydrogen (secondary N) is 2. The molecule has 0 aliphatic carbocycles. The Bertz CT molecular complexity index is 1700. The van der Waals surface area contributed by atoms with E-state index in [2.05, 4.69) is 26.3 Å². The van der Waals surface area contributed by atoms with Crippen LogP contribution in [0.2, 0.25) is 0 Å². The van der Waals surface area contributed by atoms with Crippen LogP contribution in [0, 0.1) is 20.8 Å². The maximum Gasteiger partial charge on any atom is 0.335 e. The number of hydrogen-bond donors (Lipinski definition) is 3. The Labute approximate surface area is 255 Å². The number of carbonyl (C=O) groups is 2. The summed E-state index contributed by atoms with van der Waals surface area (Å²) in [5.74, 6) is -0.801. The smallest absolute Gasteiger partial charge is 0.335 e. The van der Waals surface area contributed by atoms with Crippen molar-refractivity contribution in [2.24, 2.45) is 0 Å². The number of aryl methyl sites for hydroxylation is 2. The lowest BCUT2D eigenvalue weighted by Crippen LogP contribution is -2.29. The van der Waals surface area contributed by atoms with Crippen molar-refractivity contribution in [3.8, 4) is 11.4 Å². The topological polar surface area (TPSA) is 118 Å². The van der Waals surface area contributed by atoms with E-state index in [1.54, 1.807) is 31.5 Å². The quantitative estimate of drug-likeness (QED) is 0.221. The predicted molar refractivity (Wildman–Crippen MR) is 168 cm³/mol. The lowest BCUT2D eigenvalue weighted by atomic mass is 9.96. The molecule has 11 heteroatoms. The Kier molecular flexibility index (Phi) is 8.47. The molecule has 0 spiro atoms. The Morgan fingerprint density at radius 1 is 1.07 bits per heavy atom. The second kappa shape index (κ2) is 12.2. The van der Waals surface area contributed by atoms with Crippen LogP contribution in [0.25, 0.3) is 5.69 Å². The molecular formula is C32H33N5O5S. The van der Waals surface area contributed by atoms with Crippen molar-refractivity contribution in [1.82, 2.24) is 14.9 Å². The van der Waals surface area contributed by atoms with Gasteiger partial charge in [0.25, 0.3) is 0 Å². The molecule has 0 radical (unpaired) electrons. The number of methoxy groups -OCH3 is 2. The number of aromatic nitrogens is 2. The predicted octanol–water partition coefficient (Wildman–Crippen LogP) is 5.27. The minimum atomic E-state index is -0.983. The van der Waals surface area contributed by atoms with Gasteiger partial charge in [-0.2, -0.15) is 0 Å². The van der Waals surface area contributed by atoms with Gasteiger partial charge in [-0.1, -0.05) is 12.1 Å². The van der Waals surface area contributed by atoms with Crippen LogP contribution in [0.15, 0.2) is 66.9 Å². The molecule has 1 aliphatic heterocycles. The number of amides is 1. The number of carboxylic acid groups (broad SMARTS) is 1. The highest BCUT2D eigenvalue weighted by atomic mass is 32.1. The highest BCUT2D eigenvalue weighted by Crippen LogP contribution is 2.45. The zero-order valence-corrected chi connectivity index (χ0v) is 25.4. The number of thiocarbonyl (C=S) groups is 1. The van der Waals surface area contributed by atoms with Crippen molar-refractivity contribution in [2.45, 2.75) is 32.9 Å². The third-order valence-electron chi connectivity index (χ3n) is 7.59. The summed E-state index contributed by atoms with van der Waals surface area (Å²) in [4.78, 5) is 30.9. The first-order valence-electron chi connectivity index (χ1n) is 13.6. The number of carbonyl (C=O) groups excluding carboxylic acids is 1. The van der Waals surface area contributed by atoms with E-state index in [0.717, 1.165) is 39.6 Å². The summed E-state index contributed by atoms with van der Waals surface area (Å²) in [6.45, 7) is 5.89. The van der Waals surface area contributed by atoms with Gasteiger partial charge in [0.05, 0.1) is 36.1 Å². The molecular weight excluding hydrogens is 566 g/mol. The van der Waals surface area contributed by atoms with Crippen LogP contribution in [0.3, 0.4) is 0 Å². The van der Waals surface area contributed by atoms with Gasteiger partial charge in [0.1, 0.15) is 12.4 Å². The number of aromatic carboxylic acids is 1. The van der Waals surface area contributed by atoms with Crippen LogP contribution in [-0.4, -0.2) is 52.5 Å². The normalized spacial score (nSPS) is 16.2. The van der Waals surface area contributed by atoms with Crippen molar-refractivity contribution in [3.05, 3.63) is 101 Å². The number of ether oxygens (including phenoxy) is 2. The minimum Gasteiger partial charge on any atom is -0.495 e. The van der Waals surface area contributed by atoms with Crippen LogP contribution in [0.4, 0.5) is 11.4 Å². The number of hydrogen-bond acceptors (Lipinski definition) is 6. The van der Waals surface area contributed by atoms with Gasteiger partial charge in [0.2, 0.25) is 5.91 Å². The van der Waals surface area contributed by atoms with Crippen LogP contribution >= 0.6 is 12.2 Å². The monoisotopic (exact) mass is 599 g/mol. The first kappa shape index (κ1) is 29.7. The summed E-state index contributed by atoms with van der Waals surface area (Å²) in [5.41, 5.74) is 6.86. The molecule has 43 heavy (non-hydrogen) atoms. The van der Waals surface area contributed by atoms with Gasteiger partial charge < -0.3 is 34.7 Å². The van der Waals surface area contributed by atoms with Gasteiger partial charge >= 0.3 is 5.97 Å². The van der Waals surface area contributed by atoms with Gasteiger partial charge in [-0.3, -0.25) is 9.78 Å². The molecule has 5 rings (SSSR count). The minimum absolute atomic E-state index is 0.101. The molecule has 1 amide bonds. The van der Waals surface area contributed by atoms with Crippen molar-refractivity contribution >= 4 is 40.6 Å². The van der Waals surface area contributed by atoms with Crippen molar-refractivity contribution < 1.29 is 24.2 Å². The van der Waals surface area contributed by atoms with E-state index < -0.39 is 5.97 Å². The number of pyridine rings is 1. The van der Waals surface area contributed by atoms with Crippen molar-refractivity contribution in [3.63, 3.8) is 0 Å². The largest absolute Gasteiger partial charge is 0.495 e. The summed E-state index contributed by atoms with van der Waals surface area (Å²) in [5, 5.41) is 16.5. The van der Waals surface area contributed by atoms with Gasteiger partial charge in [0, 0.05) is 36.1 Å². The standard InChI is InChI=1S/C32H33N5O5S/c1-18-9-10-21(31(39)40)15-26(18)36-19(2)14-23(20(36)3)30-29(24-8-6-7-13-33-24)35-32(43)37(30)22-11-12-27(42-5)25(16-22)34-28(38)17-41-4/h6-16,29-30H,17H2,1-5H3,(H,34,38)(H,35,43)(H,39,40)/t29-,30-/m0/s1. The highest BCUT2D eigenvalue weighted by molar-refractivity contribution is 7.80. The maximum atomic E-state index is 12.4. The molecule has 0 bridgehead atoms. The van der Waals surface area contributed by atoms with Crippen LogP contribution in [0.1, 0.15) is 50.7 Å². The van der Waals surface area contributed by atoms with Crippen LogP contribution in [0.5, 0.6) is 5.75 Å². The van der Waals surface area contributed by atoms with E-state index in [1.807, 2.05) is 62.1 Å². The molecule has 4 aromatic rings. The number of nitrogens with zero attached hydrogens (tertiary/aromatic N) is 3. The fourth-order valence-corrected chi connectivity index (χ4v) is 6.00. The molecule has 0 saturated carbocycles. The van der Waals surface area contributed by atoms with E-state index in [9.17, 15) is 14.7 Å². The van der Waals surface area contributed by atoms with E-state index in [4.69, 9.17) is 21.7 Å². The van der Waals surface area contributed by atoms with Gasteiger partial charge in [0.15, 0.2) is 5.11 Å². The number of rotatable bonds is 9. The average molecular weight is 600 g/mol. The molecule has 222 valence electrons. The molecule has 2 aromatic carbocycles. The zero-order chi connectivity index (χ0) is 30.8. The Balaban J connectivity index is 1.67. The first-order chi connectivity index (χ1) is 20.6. The highest BCUT2D eigenvalue weighted by Gasteiger charge is 2.42. The third kappa shape index (κ3) is 5.69. The molecule has 2 atom stereocenters. The number of carboxylic acids is 1. The molecule has 10 nitrogen and oxygen atoms in total. The lowest BCUT2D eigenvalue weighted by molar-refractivity contribution is -0.119. The number of benzene rings is 2. The van der Waals surface area contributed by atoms with E-state index >= 15 is 0 Å². The molecule has 3 N–H and O–H groups in total. The molecule has 1 aliphatic rings. The zero-order valence-electron chi connectivity index (χ0n) is 24.5. The number of anilines is 2. The SMILES string of the molecule is COCC(=O)Nc1cc(N2C(=S)N[C@@H](c3ccccn3)[C@@H]2c2cc(C)n(-c3cc(C(=O)O)ccc3C)c2C)ccc1OC. The van der Waals surface area contributed by atoms with Crippen molar-refractivity contribution in [1.29, 1.82) is 0 Å². The lowest BCUT2D eigenvalue weighted by Gasteiger charge is -2.29. The average Bonchev–Trinajstić information content (AvgIpc) is 3.48. The summed E-state index contributed by atoms with van der Waals surface area (Å²) >= 11 is 5.93. The molecule has 1 saturated heterocycles. The van der Waals surface area contributed by atoms with Crippen molar-refractivity contribution in [2.75, 3.05) is 31.0 Å². The van der Waals surface area contributed by atoms with E-state index in [-0.39, 0.29) is 30.2 Å². The first-order valence-corrected chi connectivity index (χ1v) is 14.1. The van der Waals surface area contributed by atoms with Crippen LogP contribution in [-0.2, 0) is 9.53 Å². The van der Waals surface area contributed by atoms with E-state index in [1.165, 1.54) is 7.11 Å². The maximum absolute atomic E-state index is 12.4. The summed E-state index contributed by atoms with van der Waals surface area (Å²) in [7, 11) is 3.00. The molecule has 3 heterocycles. The van der Waals surface area contributed by atoms with Gasteiger partial charge in [-0.25, -0.2) is 4.79 Å². The van der Waals surface area contributed by atoms with Gasteiger partial charge in [-0.15, -0.1) is 0 Å². The van der Waals surface area contributed by atoms with Gasteiger partial charge in [-0.05, 0) is 92.6 Å². The van der Waals surface area contributed by atoms with E-state index in [0.29, 0.717) is 16.5 Å². The molecule has 0 unspecified atom stereocenters. The van der Waals surface area contributed by atoms with Crippen LogP contribution < -0.4 is 20.3 Å². The third-order valence-corrected chi connectivity index (χ3v) is 7.91.